The van der Waals surface area contributed by atoms with Gasteiger partial charge in [-0.15, -0.1) is 0 Å². The molecule has 0 spiro atoms. The van der Waals surface area contributed by atoms with E-state index in [9.17, 15) is 0 Å². The van der Waals surface area contributed by atoms with Crippen molar-refractivity contribution in [2.75, 3.05) is 0 Å². The molecule has 0 unspecified atom stereocenters. The first-order chi connectivity index (χ1) is 5.61. The Labute approximate surface area is 76.4 Å². The van der Waals surface area contributed by atoms with Crippen molar-refractivity contribution in [2.45, 2.75) is 40.0 Å². The van der Waals surface area contributed by atoms with Gasteiger partial charge in [-0.3, -0.25) is 0 Å². The summed E-state index contributed by atoms with van der Waals surface area (Å²) in [5, 5.41) is 0. The molecule has 0 fully saturated rings. The standard InChI is InChI=1S/C12H20/c1-9(2)11-5-7-12(8-6-11)10(3)4/h7,10-11H,1,5-6,8H2,2-4H3/t11-/m0/s1. The second-order valence-electron chi connectivity index (χ2n) is 4.25. The maximum Gasteiger partial charge on any atom is -0.0171 e. The number of hydrogen-bond donors (Lipinski definition) is 0. The number of rotatable bonds is 2. The molecule has 0 aromatic carbocycles. The Bertz CT molecular complexity index is 196. The van der Waals surface area contributed by atoms with Crippen molar-refractivity contribution >= 4 is 0 Å². The van der Waals surface area contributed by atoms with Crippen LogP contribution < -0.4 is 0 Å². The van der Waals surface area contributed by atoms with E-state index in [1.54, 1.807) is 5.57 Å². The Balaban J connectivity index is 2.53. The van der Waals surface area contributed by atoms with Crippen molar-refractivity contribution in [3.63, 3.8) is 0 Å². The average Bonchev–Trinajstić information content (AvgIpc) is 2.04. The SMILES string of the molecule is C=C(C)[C@H]1CC=C(C(C)C)CC1. The Morgan fingerprint density at radius 3 is 2.58 bits per heavy atom. The summed E-state index contributed by atoms with van der Waals surface area (Å²) in [7, 11) is 0. The molecule has 0 radical (unpaired) electrons. The van der Waals surface area contributed by atoms with Crippen LogP contribution >= 0.6 is 0 Å². The first-order valence-electron chi connectivity index (χ1n) is 4.95. The molecule has 0 bridgehead atoms. The molecule has 0 nitrogen and oxygen atoms in total. The monoisotopic (exact) mass is 164 g/mol. The fourth-order valence-corrected chi connectivity index (χ4v) is 1.83. The van der Waals surface area contributed by atoms with E-state index in [0.717, 1.165) is 11.8 Å². The molecular formula is C12H20. The lowest BCUT2D eigenvalue weighted by atomic mass is 9.82. The van der Waals surface area contributed by atoms with Crippen molar-refractivity contribution in [1.82, 2.24) is 0 Å². The van der Waals surface area contributed by atoms with E-state index in [4.69, 9.17) is 0 Å². The van der Waals surface area contributed by atoms with Crippen LogP contribution in [0.5, 0.6) is 0 Å². The summed E-state index contributed by atoms with van der Waals surface area (Å²) in [4.78, 5) is 0. The van der Waals surface area contributed by atoms with Crippen LogP contribution in [0, 0.1) is 11.8 Å². The largest absolute Gasteiger partial charge is 0.0998 e. The Kier molecular flexibility index (Phi) is 3.13. The van der Waals surface area contributed by atoms with Gasteiger partial charge in [-0.2, -0.15) is 0 Å². The van der Waals surface area contributed by atoms with Gasteiger partial charge in [0, 0.05) is 0 Å². The second-order valence-corrected chi connectivity index (χ2v) is 4.25. The van der Waals surface area contributed by atoms with Crippen LogP contribution in [0.3, 0.4) is 0 Å². The Morgan fingerprint density at radius 2 is 2.25 bits per heavy atom. The third kappa shape index (κ3) is 2.23. The highest BCUT2D eigenvalue weighted by Gasteiger charge is 2.15. The van der Waals surface area contributed by atoms with Gasteiger partial charge in [-0.1, -0.05) is 37.6 Å². The summed E-state index contributed by atoms with van der Waals surface area (Å²) < 4.78 is 0. The Hall–Kier alpha value is -0.520. The first-order valence-corrected chi connectivity index (χ1v) is 4.95. The molecule has 0 aliphatic heterocycles. The maximum atomic E-state index is 4.02. The zero-order valence-corrected chi connectivity index (χ0v) is 8.56. The zero-order chi connectivity index (χ0) is 9.14. The number of allylic oxidation sites excluding steroid dienone is 3. The van der Waals surface area contributed by atoms with E-state index in [0.29, 0.717) is 0 Å². The normalized spacial score (nSPS) is 24.0. The predicted molar refractivity (Wildman–Crippen MR) is 55.1 cm³/mol. The van der Waals surface area contributed by atoms with Crippen molar-refractivity contribution < 1.29 is 0 Å². The summed E-state index contributed by atoms with van der Waals surface area (Å²) in [6.45, 7) is 10.7. The van der Waals surface area contributed by atoms with E-state index in [1.807, 2.05) is 0 Å². The van der Waals surface area contributed by atoms with Crippen molar-refractivity contribution in [3.05, 3.63) is 23.8 Å². The molecule has 0 saturated carbocycles. The quantitative estimate of drug-likeness (QED) is 0.542. The summed E-state index contributed by atoms with van der Waals surface area (Å²) in [5.41, 5.74) is 3.00. The van der Waals surface area contributed by atoms with E-state index in [-0.39, 0.29) is 0 Å². The molecule has 0 aromatic heterocycles. The van der Waals surface area contributed by atoms with Crippen LogP contribution in [-0.2, 0) is 0 Å². The minimum absolute atomic E-state index is 0.746. The van der Waals surface area contributed by atoms with Gasteiger partial charge >= 0.3 is 0 Å². The van der Waals surface area contributed by atoms with Gasteiger partial charge in [-0.25, -0.2) is 0 Å². The van der Waals surface area contributed by atoms with Gasteiger partial charge in [0.1, 0.15) is 0 Å². The second kappa shape index (κ2) is 3.93. The molecule has 0 aromatic rings. The minimum atomic E-state index is 0.746. The van der Waals surface area contributed by atoms with E-state index in [1.165, 1.54) is 24.8 Å². The van der Waals surface area contributed by atoms with E-state index in [2.05, 4.69) is 33.4 Å². The van der Waals surface area contributed by atoms with Crippen molar-refractivity contribution in [2.24, 2.45) is 11.8 Å². The molecule has 1 aliphatic rings. The highest BCUT2D eigenvalue weighted by molar-refractivity contribution is 5.13. The van der Waals surface area contributed by atoms with Crippen molar-refractivity contribution in [1.29, 1.82) is 0 Å². The van der Waals surface area contributed by atoms with Gasteiger partial charge in [0.05, 0.1) is 0 Å². The molecule has 0 saturated heterocycles. The minimum Gasteiger partial charge on any atom is -0.0998 e. The molecule has 0 N–H and O–H groups in total. The lowest BCUT2D eigenvalue weighted by molar-refractivity contribution is 0.512. The van der Waals surface area contributed by atoms with Gasteiger partial charge in [0.25, 0.3) is 0 Å². The molecule has 1 aliphatic carbocycles. The highest BCUT2D eigenvalue weighted by atomic mass is 14.2. The highest BCUT2D eigenvalue weighted by Crippen LogP contribution is 2.31. The lowest BCUT2D eigenvalue weighted by Gasteiger charge is -2.23. The van der Waals surface area contributed by atoms with Crippen molar-refractivity contribution in [3.8, 4) is 0 Å². The lowest BCUT2D eigenvalue weighted by Crippen LogP contribution is -2.08. The molecule has 0 amide bonds. The third-order valence-corrected chi connectivity index (χ3v) is 2.88. The van der Waals surface area contributed by atoms with Gasteiger partial charge in [-0.05, 0) is 38.0 Å². The fraction of sp³-hybridized carbons (Fsp3) is 0.667. The van der Waals surface area contributed by atoms with Crippen LogP contribution in [0.25, 0.3) is 0 Å². The molecular weight excluding hydrogens is 144 g/mol. The molecule has 1 atom stereocenters. The molecule has 0 heterocycles. The van der Waals surface area contributed by atoms with Crippen LogP contribution in [0.4, 0.5) is 0 Å². The predicted octanol–water partition coefficient (Wildman–Crippen LogP) is 3.95. The maximum absolute atomic E-state index is 4.02. The number of hydrogen-bond acceptors (Lipinski definition) is 0. The van der Waals surface area contributed by atoms with Gasteiger partial charge in [0.15, 0.2) is 0 Å². The first kappa shape index (κ1) is 9.57. The smallest absolute Gasteiger partial charge is 0.0171 e. The topological polar surface area (TPSA) is 0 Å². The average molecular weight is 164 g/mol. The fourth-order valence-electron chi connectivity index (χ4n) is 1.83. The Morgan fingerprint density at radius 1 is 1.58 bits per heavy atom. The third-order valence-electron chi connectivity index (χ3n) is 2.88. The molecule has 12 heavy (non-hydrogen) atoms. The van der Waals surface area contributed by atoms with Crippen LogP contribution in [0.1, 0.15) is 40.0 Å². The zero-order valence-electron chi connectivity index (χ0n) is 8.56. The molecule has 68 valence electrons. The van der Waals surface area contributed by atoms with E-state index >= 15 is 0 Å². The summed E-state index contributed by atoms with van der Waals surface area (Å²) >= 11 is 0. The molecule has 1 rings (SSSR count). The van der Waals surface area contributed by atoms with Crippen LogP contribution in [0.2, 0.25) is 0 Å². The summed E-state index contributed by atoms with van der Waals surface area (Å²) in [6.07, 6.45) is 6.25. The van der Waals surface area contributed by atoms with Crippen LogP contribution in [-0.4, -0.2) is 0 Å². The van der Waals surface area contributed by atoms with Crippen LogP contribution in [0.15, 0.2) is 23.8 Å². The van der Waals surface area contributed by atoms with E-state index < -0.39 is 0 Å². The van der Waals surface area contributed by atoms with Gasteiger partial charge in [0.2, 0.25) is 0 Å². The summed E-state index contributed by atoms with van der Waals surface area (Å²) in [5.74, 6) is 1.50. The van der Waals surface area contributed by atoms with Gasteiger partial charge < -0.3 is 0 Å². The summed E-state index contributed by atoms with van der Waals surface area (Å²) in [6, 6.07) is 0. The molecule has 0 heteroatoms.